The van der Waals surface area contributed by atoms with Crippen LogP contribution in [0.1, 0.15) is 30.0 Å². The number of aromatic nitrogens is 1. The summed E-state index contributed by atoms with van der Waals surface area (Å²) in [6.45, 7) is 0.560. The minimum atomic E-state index is -1.02. The number of ether oxygens (including phenoxy) is 1. The SMILES string of the molecule is COCCN(C(=O)CCC(=O)Nc1nccs1)[C@@H](C(=O)NCc1ccccc1)c1ccc(F)cc1. The first kappa shape index (κ1) is 26.0. The van der Waals surface area contributed by atoms with Gasteiger partial charge >= 0.3 is 0 Å². The maximum Gasteiger partial charge on any atom is 0.247 e. The van der Waals surface area contributed by atoms with E-state index in [1.807, 2.05) is 30.3 Å². The number of thiazole rings is 1. The normalized spacial score (nSPS) is 11.5. The monoisotopic (exact) mass is 498 g/mol. The highest BCUT2D eigenvalue weighted by Gasteiger charge is 2.31. The van der Waals surface area contributed by atoms with Gasteiger partial charge in [-0.3, -0.25) is 14.4 Å². The molecule has 2 N–H and O–H groups in total. The van der Waals surface area contributed by atoms with E-state index in [0.717, 1.165) is 5.56 Å². The fraction of sp³-hybridized carbons (Fsp3) is 0.280. The van der Waals surface area contributed by atoms with Crippen molar-refractivity contribution in [3.8, 4) is 0 Å². The first-order valence-corrected chi connectivity index (χ1v) is 11.9. The van der Waals surface area contributed by atoms with E-state index in [1.165, 1.54) is 47.6 Å². The zero-order valence-electron chi connectivity index (χ0n) is 19.3. The lowest BCUT2D eigenvalue weighted by Gasteiger charge is -2.31. The number of carbonyl (C=O) groups excluding carboxylic acids is 3. The molecular formula is C25H27FN4O4S. The Kier molecular flexibility index (Phi) is 9.88. The lowest BCUT2D eigenvalue weighted by atomic mass is 10.0. The largest absolute Gasteiger partial charge is 0.383 e. The number of methoxy groups -OCH3 is 1. The van der Waals surface area contributed by atoms with Crippen LogP contribution in [0.3, 0.4) is 0 Å². The molecule has 1 aromatic heterocycles. The van der Waals surface area contributed by atoms with Crippen molar-refractivity contribution in [3.63, 3.8) is 0 Å². The maximum atomic E-state index is 13.6. The Hall–Kier alpha value is -3.63. The molecule has 0 radical (unpaired) electrons. The summed E-state index contributed by atoms with van der Waals surface area (Å²) in [5.41, 5.74) is 1.35. The number of anilines is 1. The van der Waals surface area contributed by atoms with Crippen molar-refractivity contribution < 1.29 is 23.5 Å². The second-order valence-electron chi connectivity index (χ2n) is 7.62. The lowest BCUT2D eigenvalue weighted by molar-refractivity contribution is -0.142. The highest BCUT2D eigenvalue weighted by molar-refractivity contribution is 7.13. The van der Waals surface area contributed by atoms with Crippen molar-refractivity contribution in [2.75, 3.05) is 25.6 Å². The number of rotatable bonds is 12. The van der Waals surface area contributed by atoms with Gasteiger partial charge in [0.2, 0.25) is 17.7 Å². The number of hydrogen-bond donors (Lipinski definition) is 2. The van der Waals surface area contributed by atoms with Gasteiger partial charge < -0.3 is 20.3 Å². The average molecular weight is 499 g/mol. The van der Waals surface area contributed by atoms with E-state index in [4.69, 9.17) is 4.74 Å². The van der Waals surface area contributed by atoms with E-state index in [9.17, 15) is 18.8 Å². The third-order valence-corrected chi connectivity index (χ3v) is 5.85. The number of hydrogen-bond acceptors (Lipinski definition) is 6. The highest BCUT2D eigenvalue weighted by Crippen LogP contribution is 2.23. The van der Waals surface area contributed by atoms with Gasteiger partial charge in [0.25, 0.3) is 0 Å². The van der Waals surface area contributed by atoms with Crippen LogP contribution in [0.15, 0.2) is 66.2 Å². The molecule has 0 unspecified atom stereocenters. The molecular weight excluding hydrogens is 471 g/mol. The number of nitrogens with one attached hydrogen (secondary N) is 2. The van der Waals surface area contributed by atoms with Crippen molar-refractivity contribution in [3.05, 3.63) is 83.1 Å². The van der Waals surface area contributed by atoms with Crippen LogP contribution in [0.25, 0.3) is 0 Å². The van der Waals surface area contributed by atoms with E-state index >= 15 is 0 Å². The Balaban J connectivity index is 1.77. The third kappa shape index (κ3) is 7.97. The van der Waals surface area contributed by atoms with E-state index in [0.29, 0.717) is 10.7 Å². The molecule has 0 saturated heterocycles. The predicted octanol–water partition coefficient (Wildman–Crippen LogP) is 3.53. The van der Waals surface area contributed by atoms with Gasteiger partial charge in [-0.1, -0.05) is 42.5 Å². The van der Waals surface area contributed by atoms with E-state index < -0.39 is 23.7 Å². The average Bonchev–Trinajstić information content (AvgIpc) is 3.38. The van der Waals surface area contributed by atoms with Crippen molar-refractivity contribution in [2.24, 2.45) is 0 Å². The molecule has 0 saturated carbocycles. The van der Waals surface area contributed by atoms with Gasteiger partial charge in [-0.2, -0.15) is 0 Å². The second-order valence-corrected chi connectivity index (χ2v) is 8.52. The molecule has 3 amide bonds. The summed E-state index contributed by atoms with van der Waals surface area (Å²) in [6.07, 6.45) is 1.37. The van der Waals surface area contributed by atoms with Crippen molar-refractivity contribution in [2.45, 2.75) is 25.4 Å². The summed E-state index contributed by atoms with van der Waals surface area (Å²) in [6, 6.07) is 13.8. The Labute approximate surface area is 207 Å². The zero-order chi connectivity index (χ0) is 25.0. The Morgan fingerprint density at radius 1 is 1.09 bits per heavy atom. The quantitative estimate of drug-likeness (QED) is 0.398. The molecule has 35 heavy (non-hydrogen) atoms. The van der Waals surface area contributed by atoms with E-state index in [1.54, 1.807) is 11.6 Å². The van der Waals surface area contributed by atoms with Crippen LogP contribution in [0.4, 0.5) is 9.52 Å². The lowest BCUT2D eigenvalue weighted by Crippen LogP contribution is -2.45. The molecule has 2 aromatic carbocycles. The molecule has 0 bridgehead atoms. The second kappa shape index (κ2) is 13.3. The van der Waals surface area contributed by atoms with Gasteiger partial charge in [0.1, 0.15) is 11.9 Å². The van der Waals surface area contributed by atoms with E-state index in [2.05, 4.69) is 15.6 Å². The van der Waals surface area contributed by atoms with Crippen LogP contribution in [0.2, 0.25) is 0 Å². The van der Waals surface area contributed by atoms with Crippen LogP contribution >= 0.6 is 11.3 Å². The van der Waals surface area contributed by atoms with Gasteiger partial charge in [0, 0.05) is 44.6 Å². The Morgan fingerprint density at radius 3 is 2.49 bits per heavy atom. The van der Waals surface area contributed by atoms with Gasteiger partial charge in [0.15, 0.2) is 5.13 Å². The number of benzene rings is 2. The highest BCUT2D eigenvalue weighted by atomic mass is 32.1. The fourth-order valence-electron chi connectivity index (χ4n) is 3.42. The van der Waals surface area contributed by atoms with Gasteiger partial charge in [-0.05, 0) is 23.3 Å². The van der Waals surface area contributed by atoms with Gasteiger partial charge in [0.05, 0.1) is 6.61 Å². The summed E-state index contributed by atoms with van der Waals surface area (Å²) >= 11 is 1.28. The first-order valence-electron chi connectivity index (χ1n) is 11.0. The molecule has 8 nitrogen and oxygen atoms in total. The number of halogens is 1. The smallest absolute Gasteiger partial charge is 0.247 e. The number of carbonyl (C=O) groups is 3. The standard InChI is InChI=1S/C25H27FN4O4S/c1-34-15-14-30(22(32)12-11-21(31)29-25-27-13-16-35-25)23(19-7-9-20(26)10-8-19)24(33)28-17-18-5-3-2-4-6-18/h2-10,13,16,23H,11-12,14-15,17H2,1H3,(H,28,33)(H,27,29,31)/t23-/m1/s1. The van der Waals surface area contributed by atoms with Crippen LogP contribution < -0.4 is 10.6 Å². The summed E-state index contributed by atoms with van der Waals surface area (Å²) < 4.78 is 18.8. The zero-order valence-corrected chi connectivity index (χ0v) is 20.1. The fourth-order valence-corrected chi connectivity index (χ4v) is 3.96. The van der Waals surface area contributed by atoms with Crippen LogP contribution in [-0.2, 0) is 25.7 Å². The molecule has 3 rings (SSSR count). The van der Waals surface area contributed by atoms with Gasteiger partial charge in [-0.15, -0.1) is 11.3 Å². The molecule has 1 heterocycles. The minimum Gasteiger partial charge on any atom is -0.383 e. The summed E-state index contributed by atoms with van der Waals surface area (Å²) in [5, 5.41) is 7.68. The van der Waals surface area contributed by atoms with Crippen LogP contribution in [0.5, 0.6) is 0 Å². The van der Waals surface area contributed by atoms with Crippen LogP contribution in [-0.4, -0.2) is 47.9 Å². The molecule has 3 aromatic rings. The van der Waals surface area contributed by atoms with Crippen molar-refractivity contribution in [1.29, 1.82) is 0 Å². The molecule has 0 aliphatic carbocycles. The summed E-state index contributed by atoms with van der Waals surface area (Å²) in [4.78, 5) is 44.2. The molecule has 0 aliphatic rings. The third-order valence-electron chi connectivity index (χ3n) is 5.16. The number of amides is 3. The Morgan fingerprint density at radius 2 is 1.83 bits per heavy atom. The summed E-state index contributed by atoms with van der Waals surface area (Å²) in [7, 11) is 1.49. The maximum absolute atomic E-state index is 13.6. The Bertz CT molecular complexity index is 1090. The minimum absolute atomic E-state index is 0.0797. The van der Waals surface area contributed by atoms with E-state index in [-0.39, 0.29) is 38.4 Å². The molecule has 1 atom stereocenters. The van der Waals surface area contributed by atoms with Gasteiger partial charge in [-0.25, -0.2) is 9.37 Å². The van der Waals surface area contributed by atoms with Crippen LogP contribution in [0, 0.1) is 5.82 Å². The summed E-state index contributed by atoms with van der Waals surface area (Å²) in [5.74, 6) is -1.63. The molecule has 0 aliphatic heterocycles. The number of nitrogens with zero attached hydrogens (tertiary/aromatic N) is 2. The molecule has 184 valence electrons. The molecule has 10 heteroatoms. The first-order chi connectivity index (χ1) is 17.0. The van der Waals surface area contributed by atoms with Crippen molar-refractivity contribution in [1.82, 2.24) is 15.2 Å². The topological polar surface area (TPSA) is 101 Å². The molecule has 0 spiro atoms. The predicted molar refractivity (Wildman–Crippen MR) is 131 cm³/mol. The molecule has 0 fully saturated rings. The van der Waals surface area contributed by atoms with Crippen molar-refractivity contribution >= 4 is 34.2 Å².